The average molecular weight is 519 g/mol. The number of carbonyl (C=O) groups is 1. The van der Waals surface area contributed by atoms with Gasteiger partial charge in [0.2, 0.25) is 0 Å². The quantitative estimate of drug-likeness (QED) is 0.212. The maximum Gasteiger partial charge on any atom is 0.338 e. The minimum absolute atomic E-state index is 0.0932. The monoisotopic (exact) mass is 518 g/mol. The highest BCUT2D eigenvalue weighted by molar-refractivity contribution is 6.99. The van der Waals surface area contributed by atoms with Crippen LogP contribution in [0.2, 0.25) is 5.04 Å². The van der Waals surface area contributed by atoms with Crippen molar-refractivity contribution in [1.82, 2.24) is 0 Å². The first-order chi connectivity index (χ1) is 17.7. The van der Waals surface area contributed by atoms with E-state index < -0.39 is 33.1 Å². The predicted octanol–water partition coefficient (Wildman–Crippen LogP) is 4.33. The molecule has 0 saturated heterocycles. The summed E-state index contributed by atoms with van der Waals surface area (Å²) in [5.41, 5.74) is 0.473. The molecular formula is C31H38O5Si. The van der Waals surface area contributed by atoms with Gasteiger partial charge in [-0.2, -0.15) is 0 Å². The zero-order valence-corrected chi connectivity index (χ0v) is 22.9. The summed E-state index contributed by atoms with van der Waals surface area (Å²) < 4.78 is 12.7. The van der Waals surface area contributed by atoms with E-state index in [0.717, 1.165) is 10.4 Å². The summed E-state index contributed by atoms with van der Waals surface area (Å²) in [6, 6.07) is 29.1. The zero-order valence-electron chi connectivity index (χ0n) is 21.9. The summed E-state index contributed by atoms with van der Waals surface area (Å²) in [7, 11) is -2.98. The Balaban J connectivity index is 1.94. The third kappa shape index (κ3) is 6.84. The molecule has 0 aliphatic heterocycles. The number of hydrogen-bond acceptors (Lipinski definition) is 5. The van der Waals surface area contributed by atoms with Gasteiger partial charge >= 0.3 is 5.97 Å². The number of hydrogen-bond donors (Lipinski definition) is 2. The van der Waals surface area contributed by atoms with Crippen LogP contribution in [0.4, 0.5) is 0 Å². The van der Waals surface area contributed by atoms with E-state index in [1.165, 1.54) is 0 Å². The minimum atomic E-state index is -2.98. The van der Waals surface area contributed by atoms with Gasteiger partial charge in [0.05, 0.1) is 24.9 Å². The van der Waals surface area contributed by atoms with E-state index in [1.807, 2.05) is 42.5 Å². The number of aliphatic hydroxyl groups excluding tert-OH is 2. The fourth-order valence-electron chi connectivity index (χ4n) is 4.69. The lowest BCUT2D eigenvalue weighted by molar-refractivity contribution is -0.0182. The van der Waals surface area contributed by atoms with Crippen LogP contribution < -0.4 is 10.4 Å². The molecule has 5 nitrogen and oxygen atoms in total. The van der Waals surface area contributed by atoms with Crippen LogP contribution in [0.5, 0.6) is 0 Å². The zero-order chi connectivity index (χ0) is 26.9. The highest BCUT2D eigenvalue weighted by Gasteiger charge is 2.52. The third-order valence-electron chi connectivity index (χ3n) is 6.67. The lowest BCUT2D eigenvalue weighted by Crippen LogP contribution is -2.68. The van der Waals surface area contributed by atoms with E-state index in [-0.39, 0.29) is 17.6 Å². The molecule has 0 aliphatic rings. The molecule has 3 aromatic carbocycles. The number of rotatable bonds is 12. The van der Waals surface area contributed by atoms with Crippen molar-refractivity contribution in [3.63, 3.8) is 0 Å². The second-order valence-electron chi connectivity index (χ2n) is 10.3. The van der Waals surface area contributed by atoms with Gasteiger partial charge in [0, 0.05) is 5.92 Å². The normalized spacial score (nSPS) is 14.4. The molecule has 0 aromatic heterocycles. The predicted molar refractivity (Wildman–Crippen MR) is 151 cm³/mol. The Bertz CT molecular complexity index is 1070. The van der Waals surface area contributed by atoms with Gasteiger partial charge in [0.1, 0.15) is 6.10 Å². The van der Waals surface area contributed by atoms with E-state index in [9.17, 15) is 15.0 Å². The highest BCUT2D eigenvalue weighted by atomic mass is 28.4. The Morgan fingerprint density at radius 2 is 1.41 bits per heavy atom. The van der Waals surface area contributed by atoms with Gasteiger partial charge in [-0.05, 0) is 34.0 Å². The summed E-state index contributed by atoms with van der Waals surface area (Å²) in [6.07, 6.45) is 0.214. The molecule has 0 amide bonds. The molecule has 1 unspecified atom stereocenters. The van der Waals surface area contributed by atoms with Gasteiger partial charge in [-0.25, -0.2) is 4.79 Å². The van der Waals surface area contributed by atoms with Crippen LogP contribution in [0.15, 0.2) is 104 Å². The van der Waals surface area contributed by atoms with Gasteiger partial charge < -0.3 is 19.4 Å². The molecule has 3 atom stereocenters. The number of carbonyl (C=O) groups excluding carboxylic acids is 1. The van der Waals surface area contributed by atoms with Gasteiger partial charge in [-0.15, -0.1) is 6.58 Å². The molecule has 2 N–H and O–H groups in total. The summed E-state index contributed by atoms with van der Waals surface area (Å²) in [5, 5.41) is 22.8. The van der Waals surface area contributed by atoms with Crippen LogP contribution in [0, 0.1) is 5.92 Å². The molecule has 0 aliphatic carbocycles. The fourth-order valence-corrected chi connectivity index (χ4v) is 9.41. The summed E-state index contributed by atoms with van der Waals surface area (Å²) in [5.74, 6) is -0.698. The van der Waals surface area contributed by atoms with Gasteiger partial charge in [0.25, 0.3) is 8.32 Å². The van der Waals surface area contributed by atoms with Crippen molar-refractivity contribution in [2.75, 3.05) is 13.2 Å². The standard InChI is InChI=1S/C31H38O5Si/c1-5-24(23-35-30(34)25-15-9-6-10-16-25)21-29(28(33)22-32)36-37(31(2,3)4,26-17-11-7-12-18-26)27-19-13-8-14-20-27/h5-20,24,28-29,32-33H,1,21-23H2,2-4H3/t24?,28-,29+/m1/s1. The largest absolute Gasteiger partial charge is 0.461 e. The molecule has 0 saturated carbocycles. The Morgan fingerprint density at radius 3 is 1.84 bits per heavy atom. The molecule has 37 heavy (non-hydrogen) atoms. The summed E-state index contributed by atoms with van der Waals surface area (Å²) >= 11 is 0. The second kappa shape index (κ2) is 13.0. The summed E-state index contributed by atoms with van der Waals surface area (Å²) in [6.45, 7) is 10.1. The van der Waals surface area contributed by atoms with Crippen LogP contribution in [0.25, 0.3) is 0 Å². The lowest BCUT2D eigenvalue weighted by atomic mass is 9.99. The first-order valence-corrected chi connectivity index (χ1v) is 14.6. The van der Waals surface area contributed by atoms with Crippen molar-refractivity contribution in [2.45, 2.75) is 44.4 Å². The van der Waals surface area contributed by atoms with Crippen LogP contribution >= 0.6 is 0 Å². The van der Waals surface area contributed by atoms with Gasteiger partial charge in [0.15, 0.2) is 0 Å². The topological polar surface area (TPSA) is 76.0 Å². The molecule has 3 rings (SSSR count). The number of esters is 1. The number of ether oxygens (including phenoxy) is 1. The van der Waals surface area contributed by atoms with E-state index >= 15 is 0 Å². The van der Waals surface area contributed by atoms with Crippen LogP contribution in [-0.2, 0) is 9.16 Å². The fraction of sp³-hybridized carbons (Fsp3) is 0.323. The highest BCUT2D eigenvalue weighted by Crippen LogP contribution is 2.38. The Morgan fingerprint density at radius 1 is 0.919 bits per heavy atom. The number of benzene rings is 3. The first kappa shape index (κ1) is 28.5. The van der Waals surface area contributed by atoms with Crippen molar-refractivity contribution in [3.8, 4) is 0 Å². The van der Waals surface area contributed by atoms with E-state index in [1.54, 1.807) is 30.3 Å². The van der Waals surface area contributed by atoms with E-state index in [0.29, 0.717) is 12.0 Å². The molecular weight excluding hydrogens is 480 g/mol. The van der Waals surface area contributed by atoms with E-state index in [2.05, 4.69) is 51.6 Å². The first-order valence-electron chi connectivity index (χ1n) is 12.7. The van der Waals surface area contributed by atoms with Crippen molar-refractivity contribution in [2.24, 2.45) is 5.92 Å². The molecule has 0 heterocycles. The molecule has 6 heteroatoms. The van der Waals surface area contributed by atoms with Crippen LogP contribution in [0.1, 0.15) is 37.6 Å². The van der Waals surface area contributed by atoms with E-state index in [4.69, 9.17) is 9.16 Å². The Labute approximate surface area is 221 Å². The van der Waals surface area contributed by atoms with Crippen molar-refractivity contribution in [3.05, 3.63) is 109 Å². The summed E-state index contributed by atoms with van der Waals surface area (Å²) in [4.78, 5) is 12.5. The molecule has 0 fully saturated rings. The van der Waals surface area contributed by atoms with Crippen LogP contribution in [0.3, 0.4) is 0 Å². The maximum absolute atomic E-state index is 12.5. The molecule has 0 radical (unpaired) electrons. The van der Waals surface area contributed by atoms with Gasteiger partial charge in [-0.1, -0.05) is 106 Å². The Kier molecular flexibility index (Phi) is 10.0. The van der Waals surface area contributed by atoms with Crippen LogP contribution in [-0.4, -0.2) is 49.9 Å². The maximum atomic E-state index is 12.5. The second-order valence-corrected chi connectivity index (χ2v) is 14.5. The van der Waals surface area contributed by atoms with Gasteiger partial charge in [-0.3, -0.25) is 0 Å². The third-order valence-corrected chi connectivity index (χ3v) is 11.7. The molecule has 0 bridgehead atoms. The smallest absolute Gasteiger partial charge is 0.338 e. The van der Waals surface area contributed by atoms with Crippen molar-refractivity contribution in [1.29, 1.82) is 0 Å². The Hall–Kier alpha value is -3.03. The average Bonchev–Trinajstić information content (AvgIpc) is 2.93. The SMILES string of the molecule is C=CC(COC(=O)c1ccccc1)C[C@H](O[Si](c1ccccc1)(c1ccccc1)C(C)(C)C)[C@H](O)CO. The molecule has 196 valence electrons. The molecule has 0 spiro atoms. The van der Waals surface area contributed by atoms with Crippen molar-refractivity contribution >= 4 is 24.7 Å². The molecule has 3 aromatic rings. The number of aliphatic hydroxyl groups is 2. The lowest BCUT2D eigenvalue weighted by Gasteiger charge is -2.46. The minimum Gasteiger partial charge on any atom is -0.461 e. The van der Waals surface area contributed by atoms with Crippen molar-refractivity contribution < 1.29 is 24.2 Å².